The lowest BCUT2D eigenvalue weighted by Gasteiger charge is -2.22. The van der Waals surface area contributed by atoms with Gasteiger partial charge in [0.1, 0.15) is 0 Å². The van der Waals surface area contributed by atoms with Gasteiger partial charge in [0.15, 0.2) is 0 Å². The van der Waals surface area contributed by atoms with Crippen LogP contribution in [0.3, 0.4) is 0 Å². The molecule has 0 aromatic heterocycles. The Hall–Kier alpha value is -5.72. The molecule has 9 rings (SSSR count). The molecule has 0 heterocycles. The van der Waals surface area contributed by atoms with E-state index in [0.717, 1.165) is 0 Å². The number of hydrogen-bond donors (Lipinski definition) is 0. The minimum atomic E-state index is 1.24. The van der Waals surface area contributed by atoms with Gasteiger partial charge in [-0.1, -0.05) is 170 Å². The lowest BCUT2D eigenvalue weighted by molar-refractivity contribution is 1.64. The fraction of sp³-hybridized carbons (Fsp3) is 0. The Labute approximate surface area is 256 Å². The Morgan fingerprint density at radius 1 is 0.182 bits per heavy atom. The summed E-state index contributed by atoms with van der Waals surface area (Å²) in [5, 5.41) is 10.5. The summed E-state index contributed by atoms with van der Waals surface area (Å²) in [7, 11) is 0. The molecule has 0 spiro atoms. The van der Waals surface area contributed by atoms with Crippen LogP contribution in [0.15, 0.2) is 170 Å². The predicted molar refractivity (Wildman–Crippen MR) is 189 cm³/mol. The summed E-state index contributed by atoms with van der Waals surface area (Å²) in [6, 6.07) is 62.1. The van der Waals surface area contributed by atoms with Crippen molar-refractivity contribution < 1.29 is 0 Å². The van der Waals surface area contributed by atoms with E-state index in [0.29, 0.717) is 0 Å². The SMILES string of the molecule is c1ccc(-c2ccc3c4c(-c5ccccc5)ccc5c(-c6ccccc6)ccc(c6c(-c7ccccc7)ccc2c36)c54)cc1. The van der Waals surface area contributed by atoms with Crippen molar-refractivity contribution in [2.75, 3.05) is 0 Å². The standard InChI is InChI=1S/C44H28/c1-5-13-29(14-6-1)33-21-27-39-42-36(32-19-11-4-12-20-32)24-26-38-34(30-15-7-2-8-16-30)22-28-40(44(38)42)41-35(23-25-37(33)43(39)41)31-17-9-3-10-18-31/h1-28H. The fourth-order valence-electron chi connectivity index (χ4n) is 7.32. The van der Waals surface area contributed by atoms with Gasteiger partial charge in [0.25, 0.3) is 0 Å². The maximum Gasteiger partial charge on any atom is -0.00137 e. The molecule has 0 fully saturated rings. The fourth-order valence-corrected chi connectivity index (χ4v) is 7.32. The summed E-state index contributed by atoms with van der Waals surface area (Å²) in [4.78, 5) is 0. The average molecular weight is 557 g/mol. The summed E-state index contributed by atoms with van der Waals surface area (Å²) < 4.78 is 0. The van der Waals surface area contributed by atoms with Gasteiger partial charge in [0.05, 0.1) is 0 Å². The molecule has 0 N–H and O–H groups in total. The molecule has 0 saturated carbocycles. The summed E-state index contributed by atoms with van der Waals surface area (Å²) in [6.45, 7) is 0. The van der Waals surface area contributed by atoms with E-state index in [9.17, 15) is 0 Å². The Morgan fingerprint density at radius 2 is 0.455 bits per heavy atom. The van der Waals surface area contributed by atoms with Crippen LogP contribution in [0.25, 0.3) is 87.6 Å². The molecule has 0 atom stereocenters. The third kappa shape index (κ3) is 3.71. The molecule has 0 unspecified atom stereocenters. The number of benzene rings is 9. The predicted octanol–water partition coefficient (Wildman–Crippen LogP) is 12.4. The highest BCUT2D eigenvalue weighted by Gasteiger charge is 2.22. The molecule has 0 nitrogen and oxygen atoms in total. The summed E-state index contributed by atoms with van der Waals surface area (Å²) in [5.41, 5.74) is 10.0. The molecule has 44 heavy (non-hydrogen) atoms. The Kier molecular flexibility index (Phi) is 5.61. The highest BCUT2D eigenvalue weighted by molar-refractivity contribution is 6.39. The zero-order valence-corrected chi connectivity index (χ0v) is 24.2. The molecule has 0 heteroatoms. The van der Waals surface area contributed by atoms with Gasteiger partial charge in [0, 0.05) is 0 Å². The normalized spacial score (nSPS) is 11.6. The van der Waals surface area contributed by atoms with Crippen LogP contribution in [0.1, 0.15) is 0 Å². The van der Waals surface area contributed by atoms with Gasteiger partial charge in [-0.25, -0.2) is 0 Å². The zero-order chi connectivity index (χ0) is 29.0. The van der Waals surface area contributed by atoms with Crippen molar-refractivity contribution >= 4 is 43.1 Å². The molecular formula is C44H28. The lowest BCUT2D eigenvalue weighted by Crippen LogP contribution is -1.94. The highest BCUT2D eigenvalue weighted by atomic mass is 14.2. The van der Waals surface area contributed by atoms with Gasteiger partial charge in [0.2, 0.25) is 0 Å². The molecule has 204 valence electrons. The molecule has 0 amide bonds. The van der Waals surface area contributed by atoms with Crippen LogP contribution in [0.4, 0.5) is 0 Å². The van der Waals surface area contributed by atoms with Gasteiger partial charge in [-0.05, 0) is 87.6 Å². The third-order valence-electron chi connectivity index (χ3n) is 9.24. The van der Waals surface area contributed by atoms with Crippen LogP contribution < -0.4 is 0 Å². The van der Waals surface area contributed by atoms with Crippen molar-refractivity contribution in [2.45, 2.75) is 0 Å². The van der Waals surface area contributed by atoms with Gasteiger partial charge < -0.3 is 0 Å². The Balaban J connectivity index is 1.54. The molecular weight excluding hydrogens is 528 g/mol. The van der Waals surface area contributed by atoms with Crippen molar-refractivity contribution in [2.24, 2.45) is 0 Å². The second-order valence-electron chi connectivity index (χ2n) is 11.6. The molecule has 0 aliphatic heterocycles. The monoisotopic (exact) mass is 556 g/mol. The van der Waals surface area contributed by atoms with E-state index < -0.39 is 0 Å². The van der Waals surface area contributed by atoms with Crippen LogP contribution in [0.5, 0.6) is 0 Å². The molecule has 0 radical (unpaired) electrons. The average Bonchev–Trinajstić information content (AvgIpc) is 3.11. The second kappa shape index (κ2) is 9.93. The first kappa shape index (κ1) is 24.8. The zero-order valence-electron chi connectivity index (χ0n) is 24.2. The van der Waals surface area contributed by atoms with Crippen LogP contribution >= 0.6 is 0 Å². The minimum absolute atomic E-state index is 1.24. The van der Waals surface area contributed by atoms with Gasteiger partial charge in [-0.3, -0.25) is 0 Å². The first-order valence-corrected chi connectivity index (χ1v) is 15.3. The van der Waals surface area contributed by atoms with Gasteiger partial charge >= 0.3 is 0 Å². The molecule has 9 aromatic carbocycles. The summed E-state index contributed by atoms with van der Waals surface area (Å²) in [6.07, 6.45) is 0. The smallest absolute Gasteiger partial charge is 0.00137 e. The molecule has 0 aliphatic rings. The minimum Gasteiger partial charge on any atom is -0.0622 e. The van der Waals surface area contributed by atoms with E-state index >= 15 is 0 Å². The van der Waals surface area contributed by atoms with Crippen molar-refractivity contribution in [3.63, 3.8) is 0 Å². The van der Waals surface area contributed by atoms with E-state index in [1.165, 1.54) is 87.6 Å². The van der Waals surface area contributed by atoms with Crippen LogP contribution in [-0.2, 0) is 0 Å². The molecule has 0 bridgehead atoms. The second-order valence-corrected chi connectivity index (χ2v) is 11.6. The Morgan fingerprint density at radius 3 is 0.795 bits per heavy atom. The van der Waals surface area contributed by atoms with Crippen molar-refractivity contribution in [3.8, 4) is 44.5 Å². The topological polar surface area (TPSA) is 0 Å². The number of fused-ring (bicyclic) bond motifs is 2. The maximum absolute atomic E-state index is 2.38. The van der Waals surface area contributed by atoms with Crippen molar-refractivity contribution in [3.05, 3.63) is 170 Å². The van der Waals surface area contributed by atoms with E-state index in [2.05, 4.69) is 170 Å². The lowest BCUT2D eigenvalue weighted by atomic mass is 9.81. The summed E-state index contributed by atoms with van der Waals surface area (Å²) >= 11 is 0. The number of hydrogen-bond acceptors (Lipinski definition) is 0. The quantitative estimate of drug-likeness (QED) is 0.149. The van der Waals surface area contributed by atoms with Crippen molar-refractivity contribution in [1.29, 1.82) is 0 Å². The first-order chi connectivity index (χ1) is 21.9. The van der Waals surface area contributed by atoms with Crippen LogP contribution in [0.2, 0.25) is 0 Å². The van der Waals surface area contributed by atoms with E-state index in [-0.39, 0.29) is 0 Å². The summed E-state index contributed by atoms with van der Waals surface area (Å²) in [5.74, 6) is 0. The Bertz CT molecular complexity index is 2260. The molecule has 0 saturated heterocycles. The first-order valence-electron chi connectivity index (χ1n) is 15.3. The van der Waals surface area contributed by atoms with E-state index in [4.69, 9.17) is 0 Å². The van der Waals surface area contributed by atoms with Gasteiger partial charge in [-0.15, -0.1) is 0 Å². The largest absolute Gasteiger partial charge is 0.0622 e. The third-order valence-corrected chi connectivity index (χ3v) is 9.24. The van der Waals surface area contributed by atoms with Crippen molar-refractivity contribution in [1.82, 2.24) is 0 Å². The highest BCUT2D eigenvalue weighted by Crippen LogP contribution is 2.50. The van der Waals surface area contributed by atoms with Gasteiger partial charge in [-0.2, -0.15) is 0 Å². The number of rotatable bonds is 4. The molecule has 0 aliphatic carbocycles. The van der Waals surface area contributed by atoms with Crippen LogP contribution in [0, 0.1) is 0 Å². The van der Waals surface area contributed by atoms with E-state index in [1.54, 1.807) is 0 Å². The molecule has 9 aromatic rings. The van der Waals surface area contributed by atoms with E-state index in [1.807, 2.05) is 0 Å². The maximum atomic E-state index is 2.38. The van der Waals surface area contributed by atoms with Crippen LogP contribution in [-0.4, -0.2) is 0 Å².